The number of carbonyl (C=O) groups is 1. The third-order valence-corrected chi connectivity index (χ3v) is 3.80. The lowest BCUT2D eigenvalue weighted by Crippen LogP contribution is -2.36. The maximum absolute atomic E-state index is 11.9. The lowest BCUT2D eigenvalue weighted by atomic mass is 10.1. The zero-order chi connectivity index (χ0) is 15.9. The molecule has 0 saturated heterocycles. The van der Waals surface area contributed by atoms with Crippen LogP contribution in [0.25, 0.3) is 0 Å². The van der Waals surface area contributed by atoms with Crippen molar-refractivity contribution in [1.29, 1.82) is 0 Å². The Bertz CT molecular complexity index is 629. The van der Waals surface area contributed by atoms with Crippen LogP contribution in [-0.4, -0.2) is 13.1 Å². The van der Waals surface area contributed by atoms with Crippen LogP contribution in [-0.2, 0) is 6.54 Å². The second-order valence-corrected chi connectivity index (χ2v) is 5.87. The number of hydrogen-bond acceptors (Lipinski definition) is 2. The van der Waals surface area contributed by atoms with Crippen molar-refractivity contribution >= 4 is 22.0 Å². The zero-order valence-corrected chi connectivity index (χ0v) is 14.2. The minimum Gasteiger partial charge on any atom is -0.497 e. The lowest BCUT2D eigenvalue weighted by molar-refractivity contribution is 0.237. The molecule has 0 aliphatic heterocycles. The van der Waals surface area contributed by atoms with E-state index >= 15 is 0 Å². The summed E-state index contributed by atoms with van der Waals surface area (Å²) in [6.07, 6.45) is 0. The Morgan fingerprint density at radius 2 is 1.95 bits per heavy atom. The highest BCUT2D eigenvalue weighted by atomic mass is 79.9. The van der Waals surface area contributed by atoms with E-state index in [2.05, 4.69) is 26.6 Å². The molecule has 4 nitrogen and oxygen atoms in total. The summed E-state index contributed by atoms with van der Waals surface area (Å²) in [6, 6.07) is 15.2. The van der Waals surface area contributed by atoms with Crippen LogP contribution < -0.4 is 15.4 Å². The number of urea groups is 1. The first-order valence-corrected chi connectivity index (χ1v) is 7.80. The quantitative estimate of drug-likeness (QED) is 0.843. The smallest absolute Gasteiger partial charge is 0.315 e. The van der Waals surface area contributed by atoms with Crippen molar-refractivity contribution in [2.24, 2.45) is 0 Å². The molecule has 2 aromatic rings. The van der Waals surface area contributed by atoms with E-state index in [-0.39, 0.29) is 12.1 Å². The van der Waals surface area contributed by atoms with Crippen LogP contribution in [0, 0.1) is 0 Å². The molecule has 22 heavy (non-hydrogen) atoms. The Morgan fingerprint density at radius 3 is 2.59 bits per heavy atom. The van der Waals surface area contributed by atoms with E-state index in [1.165, 1.54) is 0 Å². The minimum atomic E-state index is -0.191. The van der Waals surface area contributed by atoms with Crippen molar-refractivity contribution in [2.45, 2.75) is 19.5 Å². The van der Waals surface area contributed by atoms with E-state index in [4.69, 9.17) is 4.74 Å². The predicted molar refractivity (Wildman–Crippen MR) is 90.9 cm³/mol. The van der Waals surface area contributed by atoms with E-state index in [1.54, 1.807) is 7.11 Å². The summed E-state index contributed by atoms with van der Waals surface area (Å²) in [5.74, 6) is 0.802. The van der Waals surface area contributed by atoms with Crippen molar-refractivity contribution in [3.05, 3.63) is 64.1 Å². The van der Waals surface area contributed by atoms with Gasteiger partial charge in [0.15, 0.2) is 0 Å². The molecule has 0 aliphatic rings. The highest BCUT2D eigenvalue weighted by molar-refractivity contribution is 9.10. The molecule has 0 bridgehead atoms. The highest BCUT2D eigenvalue weighted by Crippen LogP contribution is 2.17. The number of hydrogen-bond donors (Lipinski definition) is 2. The molecule has 0 aliphatic carbocycles. The fourth-order valence-electron chi connectivity index (χ4n) is 2.03. The molecule has 2 rings (SSSR count). The first-order chi connectivity index (χ1) is 10.6. The number of nitrogens with one attached hydrogen (secondary N) is 2. The Hall–Kier alpha value is -2.01. The predicted octanol–water partition coefficient (Wildman–Crippen LogP) is 4.02. The largest absolute Gasteiger partial charge is 0.497 e. The third kappa shape index (κ3) is 4.77. The number of amides is 2. The summed E-state index contributed by atoms with van der Waals surface area (Å²) in [5.41, 5.74) is 2.07. The van der Waals surface area contributed by atoms with Crippen molar-refractivity contribution in [3.8, 4) is 5.75 Å². The number of halogens is 1. The van der Waals surface area contributed by atoms with Crippen LogP contribution in [0.4, 0.5) is 4.79 Å². The van der Waals surface area contributed by atoms with Crippen LogP contribution in [0.3, 0.4) is 0 Å². The monoisotopic (exact) mass is 362 g/mol. The van der Waals surface area contributed by atoms with Crippen molar-refractivity contribution < 1.29 is 9.53 Å². The number of ether oxygens (including phenoxy) is 1. The summed E-state index contributed by atoms with van der Waals surface area (Å²) in [5, 5.41) is 5.77. The van der Waals surface area contributed by atoms with Gasteiger partial charge >= 0.3 is 6.03 Å². The van der Waals surface area contributed by atoms with Gasteiger partial charge in [0.1, 0.15) is 5.75 Å². The molecule has 2 amide bonds. The topological polar surface area (TPSA) is 50.4 Å². The van der Waals surface area contributed by atoms with Gasteiger partial charge in [-0.2, -0.15) is 0 Å². The fraction of sp³-hybridized carbons (Fsp3) is 0.235. The standard InChI is InChI=1S/C17H19BrN2O2/c1-12(14-4-3-5-15(18)10-14)20-17(21)19-11-13-6-8-16(22-2)9-7-13/h3-10,12H,11H2,1-2H3,(H2,19,20,21). The average molecular weight is 363 g/mol. The molecule has 5 heteroatoms. The lowest BCUT2D eigenvalue weighted by Gasteiger charge is -2.15. The Kier molecular flexibility index (Phi) is 5.83. The second kappa shape index (κ2) is 7.84. The molecule has 1 unspecified atom stereocenters. The van der Waals surface area contributed by atoms with E-state index < -0.39 is 0 Å². The van der Waals surface area contributed by atoms with Gasteiger partial charge in [-0.3, -0.25) is 0 Å². The van der Waals surface area contributed by atoms with Gasteiger partial charge in [0.25, 0.3) is 0 Å². The normalized spacial score (nSPS) is 11.6. The maximum atomic E-state index is 11.9. The van der Waals surface area contributed by atoms with Crippen molar-refractivity contribution in [1.82, 2.24) is 10.6 Å². The van der Waals surface area contributed by atoms with E-state index in [1.807, 2.05) is 55.5 Å². The average Bonchev–Trinajstić information content (AvgIpc) is 2.53. The highest BCUT2D eigenvalue weighted by Gasteiger charge is 2.09. The number of carbonyl (C=O) groups excluding carboxylic acids is 1. The minimum absolute atomic E-state index is 0.0617. The Labute approximate surface area is 139 Å². The first-order valence-electron chi connectivity index (χ1n) is 7.01. The molecule has 1 atom stereocenters. The molecule has 2 aromatic carbocycles. The summed E-state index contributed by atoms with van der Waals surface area (Å²) < 4.78 is 6.10. The second-order valence-electron chi connectivity index (χ2n) is 4.95. The number of methoxy groups -OCH3 is 1. The van der Waals surface area contributed by atoms with Gasteiger partial charge in [0.2, 0.25) is 0 Å². The van der Waals surface area contributed by atoms with Gasteiger partial charge in [-0.25, -0.2) is 4.79 Å². The SMILES string of the molecule is COc1ccc(CNC(=O)NC(C)c2cccc(Br)c2)cc1. The fourth-order valence-corrected chi connectivity index (χ4v) is 2.45. The van der Waals surface area contributed by atoms with Gasteiger partial charge in [-0.1, -0.05) is 40.2 Å². The van der Waals surface area contributed by atoms with Crippen LogP contribution in [0.2, 0.25) is 0 Å². The molecule has 2 N–H and O–H groups in total. The Morgan fingerprint density at radius 1 is 1.23 bits per heavy atom. The molecule has 0 heterocycles. The van der Waals surface area contributed by atoms with Gasteiger partial charge < -0.3 is 15.4 Å². The van der Waals surface area contributed by atoms with Gasteiger partial charge in [-0.15, -0.1) is 0 Å². The summed E-state index contributed by atoms with van der Waals surface area (Å²) in [7, 11) is 1.63. The molecule has 0 radical (unpaired) electrons. The number of benzene rings is 2. The third-order valence-electron chi connectivity index (χ3n) is 3.31. The number of rotatable bonds is 5. The van der Waals surface area contributed by atoms with Gasteiger partial charge in [0.05, 0.1) is 13.2 Å². The molecule has 0 fully saturated rings. The van der Waals surface area contributed by atoms with E-state index in [0.29, 0.717) is 6.54 Å². The van der Waals surface area contributed by atoms with Gasteiger partial charge in [0, 0.05) is 11.0 Å². The van der Waals surface area contributed by atoms with Crippen molar-refractivity contribution in [2.75, 3.05) is 7.11 Å². The van der Waals surface area contributed by atoms with Crippen molar-refractivity contribution in [3.63, 3.8) is 0 Å². The molecular weight excluding hydrogens is 344 g/mol. The Balaban J connectivity index is 1.84. The molecule has 0 aromatic heterocycles. The first kappa shape index (κ1) is 16.4. The maximum Gasteiger partial charge on any atom is 0.315 e. The van der Waals surface area contributed by atoms with Crippen LogP contribution in [0.5, 0.6) is 5.75 Å². The van der Waals surface area contributed by atoms with E-state index in [9.17, 15) is 4.79 Å². The van der Waals surface area contributed by atoms with Crippen LogP contribution in [0.1, 0.15) is 24.1 Å². The van der Waals surface area contributed by atoms with Crippen LogP contribution in [0.15, 0.2) is 53.0 Å². The molecule has 0 saturated carbocycles. The van der Waals surface area contributed by atoms with E-state index in [0.717, 1.165) is 21.3 Å². The zero-order valence-electron chi connectivity index (χ0n) is 12.6. The summed E-state index contributed by atoms with van der Waals surface area (Å²) in [6.45, 7) is 2.43. The summed E-state index contributed by atoms with van der Waals surface area (Å²) in [4.78, 5) is 11.9. The summed E-state index contributed by atoms with van der Waals surface area (Å²) >= 11 is 3.43. The molecule has 0 spiro atoms. The van der Waals surface area contributed by atoms with Gasteiger partial charge in [-0.05, 0) is 42.3 Å². The van der Waals surface area contributed by atoms with Crippen LogP contribution >= 0.6 is 15.9 Å². The molecular formula is C17H19BrN2O2. The molecule has 116 valence electrons.